The molecule has 138 valence electrons. The SMILES string of the molecule is CCOC(=O)Cc1csc(NC(=O)COC(=O)/C=C/c2sccc2C)n1. The number of hydrogen-bond acceptors (Lipinski definition) is 8. The van der Waals surface area contributed by atoms with E-state index in [9.17, 15) is 14.4 Å². The fraction of sp³-hybridized carbons (Fsp3) is 0.294. The molecular weight excluding hydrogens is 376 g/mol. The van der Waals surface area contributed by atoms with Gasteiger partial charge in [-0.1, -0.05) is 0 Å². The Bertz CT molecular complexity index is 810. The van der Waals surface area contributed by atoms with Crippen LogP contribution in [-0.2, 0) is 30.3 Å². The van der Waals surface area contributed by atoms with E-state index in [2.05, 4.69) is 10.3 Å². The van der Waals surface area contributed by atoms with E-state index in [1.807, 2.05) is 18.4 Å². The predicted octanol–water partition coefficient (Wildman–Crippen LogP) is 2.81. The molecule has 2 aromatic rings. The van der Waals surface area contributed by atoms with Crippen LogP contribution >= 0.6 is 22.7 Å². The molecule has 0 aliphatic rings. The second-order valence-electron chi connectivity index (χ2n) is 5.08. The largest absolute Gasteiger partial charge is 0.466 e. The molecule has 9 heteroatoms. The lowest BCUT2D eigenvalue weighted by molar-refractivity contribution is -0.142. The van der Waals surface area contributed by atoms with Crippen LogP contribution in [0.4, 0.5) is 5.13 Å². The van der Waals surface area contributed by atoms with Gasteiger partial charge < -0.3 is 9.47 Å². The third-order valence-corrected chi connectivity index (χ3v) is 4.84. The molecule has 0 saturated carbocycles. The van der Waals surface area contributed by atoms with Gasteiger partial charge in [0, 0.05) is 16.3 Å². The van der Waals surface area contributed by atoms with E-state index in [0.29, 0.717) is 17.4 Å². The summed E-state index contributed by atoms with van der Waals surface area (Å²) in [6.07, 6.45) is 2.98. The summed E-state index contributed by atoms with van der Waals surface area (Å²) in [5, 5.41) is 6.43. The van der Waals surface area contributed by atoms with Gasteiger partial charge in [0.1, 0.15) is 0 Å². The van der Waals surface area contributed by atoms with Gasteiger partial charge in [-0.15, -0.1) is 22.7 Å². The zero-order valence-corrected chi connectivity index (χ0v) is 15.9. The van der Waals surface area contributed by atoms with Gasteiger partial charge in [-0.3, -0.25) is 14.9 Å². The molecule has 2 rings (SSSR count). The van der Waals surface area contributed by atoms with Crippen LogP contribution in [0, 0.1) is 6.92 Å². The van der Waals surface area contributed by atoms with E-state index in [0.717, 1.165) is 10.4 Å². The molecule has 0 aliphatic carbocycles. The first kappa shape index (κ1) is 19.8. The number of esters is 2. The molecular formula is C17H18N2O5S2. The summed E-state index contributed by atoms with van der Waals surface area (Å²) in [6, 6.07) is 1.95. The fourth-order valence-corrected chi connectivity index (χ4v) is 3.39. The highest BCUT2D eigenvalue weighted by atomic mass is 32.1. The van der Waals surface area contributed by atoms with Crippen LogP contribution in [0.2, 0.25) is 0 Å². The van der Waals surface area contributed by atoms with Crippen molar-refractivity contribution in [2.24, 2.45) is 0 Å². The van der Waals surface area contributed by atoms with Crippen LogP contribution in [0.3, 0.4) is 0 Å². The van der Waals surface area contributed by atoms with E-state index in [1.54, 1.807) is 18.4 Å². The van der Waals surface area contributed by atoms with Gasteiger partial charge >= 0.3 is 11.9 Å². The molecule has 1 N–H and O–H groups in total. The van der Waals surface area contributed by atoms with Crippen molar-refractivity contribution in [3.8, 4) is 0 Å². The zero-order valence-electron chi connectivity index (χ0n) is 14.3. The zero-order chi connectivity index (χ0) is 18.9. The Kier molecular flexibility index (Phi) is 7.49. The summed E-state index contributed by atoms with van der Waals surface area (Å²) in [5.41, 5.74) is 1.58. The van der Waals surface area contributed by atoms with E-state index in [-0.39, 0.29) is 12.4 Å². The summed E-state index contributed by atoms with van der Waals surface area (Å²) >= 11 is 2.69. The van der Waals surface area contributed by atoms with Gasteiger partial charge in [0.15, 0.2) is 11.7 Å². The highest BCUT2D eigenvalue weighted by molar-refractivity contribution is 7.14. The van der Waals surface area contributed by atoms with Crippen molar-refractivity contribution in [2.75, 3.05) is 18.5 Å². The molecule has 0 bridgehead atoms. The average molecular weight is 394 g/mol. The highest BCUT2D eigenvalue weighted by Crippen LogP contribution is 2.17. The van der Waals surface area contributed by atoms with Crippen molar-refractivity contribution in [3.05, 3.63) is 39.0 Å². The Hall–Kier alpha value is -2.52. The van der Waals surface area contributed by atoms with Crippen LogP contribution in [0.5, 0.6) is 0 Å². The summed E-state index contributed by atoms with van der Waals surface area (Å²) in [6.45, 7) is 3.56. The van der Waals surface area contributed by atoms with E-state index < -0.39 is 18.5 Å². The normalized spacial score (nSPS) is 10.7. The van der Waals surface area contributed by atoms with Crippen molar-refractivity contribution >= 4 is 51.7 Å². The summed E-state index contributed by atoms with van der Waals surface area (Å²) in [7, 11) is 0. The first-order chi connectivity index (χ1) is 12.5. The monoisotopic (exact) mass is 394 g/mol. The number of anilines is 1. The lowest BCUT2D eigenvalue weighted by atomic mass is 10.3. The lowest BCUT2D eigenvalue weighted by Crippen LogP contribution is -2.20. The Balaban J connectivity index is 1.75. The minimum Gasteiger partial charge on any atom is -0.466 e. The van der Waals surface area contributed by atoms with Crippen molar-refractivity contribution < 1.29 is 23.9 Å². The Morgan fingerprint density at radius 1 is 1.27 bits per heavy atom. The Labute approximate surface area is 158 Å². The topological polar surface area (TPSA) is 94.6 Å². The molecule has 0 aliphatic heterocycles. The number of carbonyl (C=O) groups is 3. The van der Waals surface area contributed by atoms with E-state index in [1.165, 1.54) is 28.7 Å². The van der Waals surface area contributed by atoms with Crippen LogP contribution < -0.4 is 5.32 Å². The first-order valence-corrected chi connectivity index (χ1v) is 9.52. The van der Waals surface area contributed by atoms with Gasteiger partial charge in [-0.2, -0.15) is 0 Å². The van der Waals surface area contributed by atoms with Crippen molar-refractivity contribution in [3.63, 3.8) is 0 Å². The van der Waals surface area contributed by atoms with E-state index in [4.69, 9.17) is 9.47 Å². The van der Waals surface area contributed by atoms with Crippen LogP contribution in [-0.4, -0.2) is 36.0 Å². The molecule has 0 radical (unpaired) electrons. The maximum Gasteiger partial charge on any atom is 0.331 e. The standard InChI is InChI=1S/C17H18N2O5S2/c1-3-23-16(22)8-12-10-26-17(18-12)19-14(20)9-24-15(21)5-4-13-11(2)6-7-25-13/h4-7,10H,3,8-9H2,1-2H3,(H,18,19,20)/b5-4+. The molecule has 0 spiro atoms. The van der Waals surface area contributed by atoms with E-state index >= 15 is 0 Å². The minimum absolute atomic E-state index is 0.0438. The third-order valence-electron chi connectivity index (χ3n) is 3.05. The van der Waals surface area contributed by atoms with Gasteiger partial charge in [0.2, 0.25) is 0 Å². The summed E-state index contributed by atoms with van der Waals surface area (Å²) < 4.78 is 9.72. The second kappa shape index (κ2) is 9.83. The van der Waals surface area contributed by atoms with Crippen molar-refractivity contribution in [1.82, 2.24) is 4.98 Å². The third kappa shape index (κ3) is 6.41. The molecule has 0 fully saturated rings. The van der Waals surface area contributed by atoms with Gasteiger partial charge in [-0.25, -0.2) is 9.78 Å². The van der Waals surface area contributed by atoms with Gasteiger partial charge in [0.25, 0.3) is 5.91 Å². The van der Waals surface area contributed by atoms with Crippen LogP contribution in [0.15, 0.2) is 22.9 Å². The molecule has 0 saturated heterocycles. The number of amides is 1. The molecule has 0 atom stereocenters. The number of thiazole rings is 1. The maximum atomic E-state index is 11.8. The van der Waals surface area contributed by atoms with Gasteiger partial charge in [0.05, 0.1) is 18.7 Å². The Morgan fingerprint density at radius 3 is 2.77 bits per heavy atom. The van der Waals surface area contributed by atoms with Crippen LogP contribution in [0.25, 0.3) is 6.08 Å². The molecule has 0 unspecified atom stereocenters. The number of nitrogens with one attached hydrogen (secondary N) is 1. The summed E-state index contributed by atoms with van der Waals surface area (Å²) in [5.74, 6) is -1.48. The molecule has 7 nitrogen and oxygen atoms in total. The average Bonchev–Trinajstić information content (AvgIpc) is 3.20. The molecule has 26 heavy (non-hydrogen) atoms. The number of aromatic nitrogens is 1. The predicted molar refractivity (Wildman–Crippen MR) is 100 cm³/mol. The highest BCUT2D eigenvalue weighted by Gasteiger charge is 2.11. The van der Waals surface area contributed by atoms with Crippen molar-refractivity contribution in [2.45, 2.75) is 20.3 Å². The number of rotatable bonds is 8. The molecule has 2 aromatic heterocycles. The lowest BCUT2D eigenvalue weighted by Gasteiger charge is -2.02. The number of nitrogens with zero attached hydrogens (tertiary/aromatic N) is 1. The van der Waals surface area contributed by atoms with Crippen molar-refractivity contribution in [1.29, 1.82) is 0 Å². The Morgan fingerprint density at radius 2 is 2.08 bits per heavy atom. The smallest absolute Gasteiger partial charge is 0.331 e. The molecule has 0 aromatic carbocycles. The fourth-order valence-electron chi connectivity index (χ4n) is 1.84. The van der Waals surface area contributed by atoms with Crippen LogP contribution in [0.1, 0.15) is 23.1 Å². The number of hydrogen-bond donors (Lipinski definition) is 1. The number of thiophene rings is 1. The number of carbonyl (C=O) groups excluding carboxylic acids is 3. The summed E-state index contributed by atoms with van der Waals surface area (Å²) in [4.78, 5) is 39.9. The number of aryl methyl sites for hydroxylation is 1. The molecule has 2 heterocycles. The van der Waals surface area contributed by atoms with Gasteiger partial charge in [-0.05, 0) is 36.9 Å². The number of ether oxygens (including phenoxy) is 2. The minimum atomic E-state index is -0.602. The quantitative estimate of drug-likeness (QED) is 0.546. The maximum absolute atomic E-state index is 11.8. The first-order valence-electron chi connectivity index (χ1n) is 7.76. The second-order valence-corrected chi connectivity index (χ2v) is 6.89. The molecule has 1 amide bonds.